The van der Waals surface area contributed by atoms with Gasteiger partial charge in [0.05, 0.1) is 5.52 Å². The van der Waals surface area contributed by atoms with E-state index < -0.39 is 0 Å². The lowest BCUT2D eigenvalue weighted by molar-refractivity contribution is 0.868. The van der Waals surface area contributed by atoms with Crippen molar-refractivity contribution >= 4 is 16.6 Å². The number of anilines is 1. The van der Waals surface area contributed by atoms with Crippen LogP contribution in [0.25, 0.3) is 10.9 Å². The Bertz CT molecular complexity index is 614. The second-order valence-electron chi connectivity index (χ2n) is 5.73. The SMILES string of the molecule is CCNc1c2c(nc3ccc(C(C)C)cc13)CCC2. The first kappa shape index (κ1) is 12.5. The van der Waals surface area contributed by atoms with Crippen molar-refractivity contribution in [1.82, 2.24) is 4.98 Å². The molecule has 1 aliphatic carbocycles. The summed E-state index contributed by atoms with van der Waals surface area (Å²) in [6.07, 6.45) is 3.55. The average molecular weight is 254 g/mol. The minimum atomic E-state index is 0.562. The van der Waals surface area contributed by atoms with Crippen molar-refractivity contribution in [1.29, 1.82) is 0 Å². The molecule has 19 heavy (non-hydrogen) atoms. The smallest absolute Gasteiger partial charge is 0.0726 e. The molecule has 2 heteroatoms. The summed E-state index contributed by atoms with van der Waals surface area (Å²) in [5, 5.41) is 4.88. The first-order valence-electron chi connectivity index (χ1n) is 7.40. The van der Waals surface area contributed by atoms with Crippen molar-refractivity contribution in [2.24, 2.45) is 0 Å². The average Bonchev–Trinajstić information content (AvgIpc) is 2.86. The summed E-state index contributed by atoms with van der Waals surface area (Å²) >= 11 is 0. The number of benzene rings is 1. The molecule has 2 nitrogen and oxygen atoms in total. The number of fused-ring (bicyclic) bond motifs is 2. The Kier molecular flexibility index (Phi) is 3.17. The van der Waals surface area contributed by atoms with Crippen LogP contribution in [0.3, 0.4) is 0 Å². The van der Waals surface area contributed by atoms with E-state index in [9.17, 15) is 0 Å². The molecule has 1 aliphatic rings. The van der Waals surface area contributed by atoms with Crippen LogP contribution < -0.4 is 5.32 Å². The zero-order chi connectivity index (χ0) is 13.4. The third kappa shape index (κ3) is 2.09. The maximum Gasteiger partial charge on any atom is 0.0726 e. The van der Waals surface area contributed by atoms with Gasteiger partial charge >= 0.3 is 0 Å². The maximum atomic E-state index is 4.86. The van der Waals surface area contributed by atoms with Gasteiger partial charge < -0.3 is 5.32 Å². The molecule has 0 bridgehead atoms. The summed E-state index contributed by atoms with van der Waals surface area (Å²) in [6, 6.07) is 6.73. The maximum absolute atomic E-state index is 4.86. The van der Waals surface area contributed by atoms with Crippen molar-refractivity contribution in [3.8, 4) is 0 Å². The Morgan fingerprint density at radius 2 is 2.11 bits per heavy atom. The van der Waals surface area contributed by atoms with Gasteiger partial charge in [0.25, 0.3) is 0 Å². The molecule has 0 amide bonds. The first-order chi connectivity index (χ1) is 9.20. The van der Waals surface area contributed by atoms with Crippen LogP contribution in [-0.2, 0) is 12.8 Å². The van der Waals surface area contributed by atoms with E-state index in [0.717, 1.165) is 18.5 Å². The first-order valence-corrected chi connectivity index (χ1v) is 7.40. The number of hydrogen-bond acceptors (Lipinski definition) is 2. The Morgan fingerprint density at radius 1 is 1.26 bits per heavy atom. The molecule has 0 fully saturated rings. The van der Waals surface area contributed by atoms with Crippen LogP contribution >= 0.6 is 0 Å². The normalized spacial score (nSPS) is 14.1. The van der Waals surface area contributed by atoms with Crippen molar-refractivity contribution in [3.63, 3.8) is 0 Å². The van der Waals surface area contributed by atoms with Gasteiger partial charge in [-0.3, -0.25) is 4.98 Å². The van der Waals surface area contributed by atoms with Crippen LogP contribution in [0.2, 0.25) is 0 Å². The predicted octanol–water partition coefficient (Wildman–Crippen LogP) is 4.28. The summed E-state index contributed by atoms with van der Waals surface area (Å²) in [5.41, 5.74) is 6.63. The molecule has 3 rings (SSSR count). The molecule has 2 aromatic rings. The Morgan fingerprint density at radius 3 is 2.84 bits per heavy atom. The summed E-state index contributed by atoms with van der Waals surface area (Å²) in [6.45, 7) is 7.63. The third-order valence-corrected chi connectivity index (χ3v) is 4.06. The molecule has 0 atom stereocenters. The topological polar surface area (TPSA) is 24.9 Å². The second kappa shape index (κ2) is 4.84. The van der Waals surface area contributed by atoms with E-state index in [1.807, 2.05) is 0 Å². The Hall–Kier alpha value is -1.57. The molecule has 0 saturated heterocycles. The second-order valence-corrected chi connectivity index (χ2v) is 5.73. The molecule has 1 aromatic heterocycles. The predicted molar refractivity (Wildman–Crippen MR) is 82.0 cm³/mol. The quantitative estimate of drug-likeness (QED) is 0.884. The van der Waals surface area contributed by atoms with Gasteiger partial charge in [0.15, 0.2) is 0 Å². The van der Waals surface area contributed by atoms with Crippen LogP contribution in [0.5, 0.6) is 0 Å². The van der Waals surface area contributed by atoms with Gasteiger partial charge in [0, 0.05) is 23.3 Å². The fourth-order valence-corrected chi connectivity index (χ4v) is 3.02. The molecular weight excluding hydrogens is 232 g/mol. The molecule has 0 radical (unpaired) electrons. The van der Waals surface area contributed by atoms with E-state index in [1.54, 1.807) is 0 Å². The minimum Gasteiger partial charge on any atom is -0.384 e. The van der Waals surface area contributed by atoms with Gasteiger partial charge in [0.1, 0.15) is 0 Å². The summed E-state index contributed by atoms with van der Waals surface area (Å²) < 4.78 is 0. The van der Waals surface area contributed by atoms with E-state index >= 15 is 0 Å². The van der Waals surface area contributed by atoms with Gasteiger partial charge in [-0.25, -0.2) is 0 Å². The van der Waals surface area contributed by atoms with E-state index in [4.69, 9.17) is 4.98 Å². The third-order valence-electron chi connectivity index (χ3n) is 4.06. The fraction of sp³-hybridized carbons (Fsp3) is 0.471. The highest BCUT2D eigenvalue weighted by Gasteiger charge is 2.19. The molecule has 100 valence electrons. The standard InChI is InChI=1S/C17H22N2/c1-4-18-17-13-6-5-7-15(13)19-16-9-8-12(11(2)3)10-14(16)17/h8-11H,4-7H2,1-3H3,(H,18,19). The minimum absolute atomic E-state index is 0.562. The lowest BCUT2D eigenvalue weighted by Crippen LogP contribution is -2.04. The highest BCUT2D eigenvalue weighted by atomic mass is 14.9. The van der Waals surface area contributed by atoms with Crippen LogP contribution in [0, 0.1) is 0 Å². The van der Waals surface area contributed by atoms with Crippen molar-refractivity contribution in [2.75, 3.05) is 11.9 Å². The number of rotatable bonds is 3. The van der Waals surface area contributed by atoms with E-state index in [2.05, 4.69) is 44.3 Å². The van der Waals surface area contributed by atoms with Gasteiger partial charge in [0.2, 0.25) is 0 Å². The molecule has 0 unspecified atom stereocenters. The largest absolute Gasteiger partial charge is 0.384 e. The number of pyridine rings is 1. The van der Waals surface area contributed by atoms with Crippen LogP contribution in [-0.4, -0.2) is 11.5 Å². The van der Waals surface area contributed by atoms with Gasteiger partial charge in [-0.1, -0.05) is 19.9 Å². The van der Waals surface area contributed by atoms with Crippen molar-refractivity contribution in [2.45, 2.75) is 46.0 Å². The summed E-state index contributed by atoms with van der Waals surface area (Å²) in [7, 11) is 0. The molecule has 0 saturated carbocycles. The van der Waals surface area contributed by atoms with Gasteiger partial charge in [-0.2, -0.15) is 0 Å². The van der Waals surface area contributed by atoms with Crippen molar-refractivity contribution < 1.29 is 0 Å². The van der Waals surface area contributed by atoms with Crippen LogP contribution in [0.1, 0.15) is 49.9 Å². The lowest BCUT2D eigenvalue weighted by Gasteiger charge is -2.15. The number of nitrogens with one attached hydrogen (secondary N) is 1. The lowest BCUT2D eigenvalue weighted by atomic mass is 9.98. The van der Waals surface area contributed by atoms with Crippen LogP contribution in [0.4, 0.5) is 5.69 Å². The van der Waals surface area contributed by atoms with E-state index in [-0.39, 0.29) is 0 Å². The van der Waals surface area contributed by atoms with Crippen molar-refractivity contribution in [3.05, 3.63) is 35.0 Å². The zero-order valence-electron chi connectivity index (χ0n) is 12.1. The Labute approximate surface area is 115 Å². The van der Waals surface area contributed by atoms with E-state index in [1.165, 1.54) is 40.7 Å². The molecule has 1 heterocycles. The zero-order valence-corrected chi connectivity index (χ0v) is 12.1. The molecule has 1 aromatic carbocycles. The number of hydrogen-bond donors (Lipinski definition) is 1. The highest BCUT2D eigenvalue weighted by molar-refractivity contribution is 5.94. The molecule has 0 spiro atoms. The highest BCUT2D eigenvalue weighted by Crippen LogP contribution is 2.35. The summed E-state index contributed by atoms with van der Waals surface area (Å²) in [4.78, 5) is 4.86. The molecular formula is C17H22N2. The Balaban J connectivity index is 2.26. The van der Waals surface area contributed by atoms with Crippen LogP contribution in [0.15, 0.2) is 18.2 Å². The summed E-state index contributed by atoms with van der Waals surface area (Å²) in [5.74, 6) is 0.562. The van der Waals surface area contributed by atoms with Gasteiger partial charge in [-0.05, 0) is 55.4 Å². The molecule has 1 N–H and O–H groups in total. The number of nitrogens with zero attached hydrogens (tertiary/aromatic N) is 1. The van der Waals surface area contributed by atoms with Gasteiger partial charge in [-0.15, -0.1) is 0 Å². The number of aromatic nitrogens is 1. The van der Waals surface area contributed by atoms with E-state index in [0.29, 0.717) is 5.92 Å². The molecule has 0 aliphatic heterocycles. The fourth-order valence-electron chi connectivity index (χ4n) is 3.02. The monoisotopic (exact) mass is 254 g/mol. The number of aryl methyl sites for hydroxylation is 1.